The Morgan fingerprint density at radius 3 is 2.24 bits per heavy atom. The highest BCUT2D eigenvalue weighted by Gasteiger charge is 2.26. The molecule has 8 heteroatoms. The third-order valence-electron chi connectivity index (χ3n) is 4.59. The fraction of sp³-hybridized carbons (Fsp3) is 0.529. The second-order valence-electron chi connectivity index (χ2n) is 6.12. The summed E-state index contributed by atoms with van der Waals surface area (Å²) in [7, 11) is -0.434. The van der Waals surface area contributed by atoms with E-state index >= 15 is 0 Å². The molecule has 138 valence electrons. The van der Waals surface area contributed by atoms with Crippen molar-refractivity contribution in [3.63, 3.8) is 0 Å². The maximum Gasteiger partial charge on any atom is 0.240 e. The van der Waals surface area contributed by atoms with Gasteiger partial charge in [0.1, 0.15) is 0 Å². The third-order valence-corrected chi connectivity index (χ3v) is 6.03. The van der Waals surface area contributed by atoms with Crippen LogP contribution in [0.3, 0.4) is 0 Å². The van der Waals surface area contributed by atoms with Crippen molar-refractivity contribution in [2.75, 3.05) is 27.2 Å². The highest BCUT2D eigenvalue weighted by atomic mass is 32.2. The number of carbonyl (C=O) groups excluding carboxylic acids is 2. The summed E-state index contributed by atoms with van der Waals surface area (Å²) in [5.41, 5.74) is 0.920. The van der Waals surface area contributed by atoms with Crippen molar-refractivity contribution in [3.8, 4) is 0 Å². The van der Waals surface area contributed by atoms with Gasteiger partial charge >= 0.3 is 0 Å². The van der Waals surface area contributed by atoms with Crippen LogP contribution < -0.4 is 10.0 Å². The lowest BCUT2D eigenvalue weighted by molar-refractivity contribution is -0.135. The van der Waals surface area contributed by atoms with Gasteiger partial charge in [0.05, 0.1) is 4.90 Å². The van der Waals surface area contributed by atoms with Crippen LogP contribution in [0.25, 0.3) is 0 Å². The Labute approximate surface area is 148 Å². The molecule has 0 aromatic heterocycles. The Hall–Kier alpha value is -1.93. The molecule has 2 amide bonds. The van der Waals surface area contributed by atoms with Crippen molar-refractivity contribution >= 4 is 21.8 Å². The standard InChI is InChI=1S/C17H25N3O4S/c1-18-17(22)14-9-11-20(12-10-14)16(21)8-5-13-3-6-15(7-4-13)25(23,24)19-2/h3-4,6-7,14,19H,5,8-12H2,1-2H3,(H,18,22). The molecule has 0 unspecified atom stereocenters. The normalized spacial score (nSPS) is 15.8. The molecule has 2 N–H and O–H groups in total. The molecule has 25 heavy (non-hydrogen) atoms. The summed E-state index contributed by atoms with van der Waals surface area (Å²) in [6.07, 6.45) is 2.33. The first-order chi connectivity index (χ1) is 11.9. The SMILES string of the molecule is CNC(=O)C1CCN(C(=O)CCc2ccc(S(=O)(=O)NC)cc2)CC1. The summed E-state index contributed by atoms with van der Waals surface area (Å²) in [6, 6.07) is 6.55. The van der Waals surface area contributed by atoms with Crippen LogP contribution in [0.2, 0.25) is 0 Å². The van der Waals surface area contributed by atoms with E-state index < -0.39 is 10.0 Å². The first-order valence-corrected chi connectivity index (χ1v) is 9.87. The first-order valence-electron chi connectivity index (χ1n) is 8.39. The number of benzene rings is 1. The monoisotopic (exact) mass is 367 g/mol. The zero-order valence-corrected chi connectivity index (χ0v) is 15.4. The van der Waals surface area contributed by atoms with Crippen molar-refractivity contribution in [1.82, 2.24) is 14.9 Å². The number of rotatable bonds is 6. The second-order valence-corrected chi connectivity index (χ2v) is 8.01. The number of hydrogen-bond donors (Lipinski definition) is 2. The third kappa shape index (κ3) is 5.02. The first kappa shape index (κ1) is 19.4. The molecule has 1 aromatic rings. The lowest BCUT2D eigenvalue weighted by Gasteiger charge is -2.31. The summed E-state index contributed by atoms with van der Waals surface area (Å²) >= 11 is 0. The zero-order chi connectivity index (χ0) is 18.4. The molecule has 1 aromatic carbocycles. The minimum atomic E-state index is -3.44. The molecular formula is C17H25N3O4S. The van der Waals surface area contributed by atoms with Gasteiger partial charge in [-0.1, -0.05) is 12.1 Å². The maximum absolute atomic E-state index is 12.3. The van der Waals surface area contributed by atoms with Crippen LogP contribution >= 0.6 is 0 Å². The molecule has 1 aliphatic heterocycles. The highest BCUT2D eigenvalue weighted by molar-refractivity contribution is 7.89. The molecule has 7 nitrogen and oxygen atoms in total. The molecule has 0 aliphatic carbocycles. The topological polar surface area (TPSA) is 95.6 Å². The Morgan fingerprint density at radius 1 is 1.12 bits per heavy atom. The lowest BCUT2D eigenvalue weighted by Crippen LogP contribution is -2.42. The Bertz CT molecular complexity index is 708. The van der Waals surface area contributed by atoms with E-state index in [4.69, 9.17) is 0 Å². The number of amides is 2. The molecule has 1 fully saturated rings. The van der Waals surface area contributed by atoms with Crippen LogP contribution in [0, 0.1) is 5.92 Å². The second kappa shape index (κ2) is 8.44. The molecule has 0 atom stereocenters. The maximum atomic E-state index is 12.3. The molecular weight excluding hydrogens is 342 g/mol. The highest BCUT2D eigenvalue weighted by Crippen LogP contribution is 2.18. The van der Waals surface area contributed by atoms with E-state index in [1.807, 2.05) is 0 Å². The van der Waals surface area contributed by atoms with E-state index in [1.165, 1.54) is 7.05 Å². The van der Waals surface area contributed by atoms with E-state index in [0.29, 0.717) is 38.8 Å². The molecule has 1 saturated heterocycles. The average molecular weight is 367 g/mol. The van der Waals surface area contributed by atoms with Crippen LogP contribution in [0.5, 0.6) is 0 Å². The number of sulfonamides is 1. The van der Waals surface area contributed by atoms with Gasteiger partial charge in [0, 0.05) is 32.5 Å². The molecule has 2 rings (SSSR count). The van der Waals surface area contributed by atoms with Crippen molar-refractivity contribution in [1.29, 1.82) is 0 Å². The smallest absolute Gasteiger partial charge is 0.240 e. The lowest BCUT2D eigenvalue weighted by atomic mass is 9.95. The van der Waals surface area contributed by atoms with Crippen molar-refractivity contribution in [2.24, 2.45) is 5.92 Å². The Balaban J connectivity index is 1.84. The molecule has 1 heterocycles. The van der Waals surface area contributed by atoms with Crippen molar-refractivity contribution < 1.29 is 18.0 Å². The number of aryl methyl sites for hydroxylation is 1. The minimum Gasteiger partial charge on any atom is -0.359 e. The van der Waals surface area contributed by atoms with Crippen LogP contribution in [-0.2, 0) is 26.0 Å². The molecule has 1 aliphatic rings. The quantitative estimate of drug-likeness (QED) is 0.766. The van der Waals surface area contributed by atoms with E-state index in [1.54, 1.807) is 36.2 Å². The van der Waals surface area contributed by atoms with Gasteiger partial charge in [0.2, 0.25) is 21.8 Å². The van der Waals surface area contributed by atoms with Gasteiger partial charge < -0.3 is 10.2 Å². The minimum absolute atomic E-state index is 0.00396. The fourth-order valence-corrected chi connectivity index (χ4v) is 3.69. The van der Waals surface area contributed by atoms with Crippen molar-refractivity contribution in [2.45, 2.75) is 30.6 Å². The van der Waals surface area contributed by atoms with Gasteiger partial charge in [-0.25, -0.2) is 13.1 Å². The summed E-state index contributed by atoms with van der Waals surface area (Å²) in [5, 5.41) is 2.66. The fourth-order valence-electron chi connectivity index (χ4n) is 2.96. The summed E-state index contributed by atoms with van der Waals surface area (Å²) in [4.78, 5) is 25.9. The number of nitrogens with one attached hydrogen (secondary N) is 2. The van der Waals surface area contributed by atoms with Gasteiger partial charge in [-0.3, -0.25) is 9.59 Å². The predicted molar refractivity (Wildman–Crippen MR) is 94.4 cm³/mol. The average Bonchev–Trinajstić information content (AvgIpc) is 2.65. The number of nitrogens with zero attached hydrogens (tertiary/aromatic N) is 1. The number of hydrogen-bond acceptors (Lipinski definition) is 4. The molecule has 0 radical (unpaired) electrons. The van der Waals surface area contributed by atoms with E-state index in [2.05, 4.69) is 10.0 Å². The summed E-state index contributed by atoms with van der Waals surface area (Å²) in [5.74, 6) is 0.113. The predicted octanol–water partition coefficient (Wildman–Crippen LogP) is 0.512. The van der Waals surface area contributed by atoms with Crippen molar-refractivity contribution in [3.05, 3.63) is 29.8 Å². The van der Waals surface area contributed by atoms with Crippen LogP contribution in [0.15, 0.2) is 29.2 Å². The summed E-state index contributed by atoms with van der Waals surface area (Å²) in [6.45, 7) is 1.21. The Kier molecular flexibility index (Phi) is 6.55. The molecule has 0 spiro atoms. The largest absolute Gasteiger partial charge is 0.359 e. The van der Waals surface area contributed by atoms with Gasteiger partial charge in [-0.15, -0.1) is 0 Å². The van der Waals surface area contributed by atoms with Crippen LogP contribution in [0.1, 0.15) is 24.8 Å². The molecule has 0 saturated carbocycles. The number of piperidine rings is 1. The van der Waals surface area contributed by atoms with Crippen LogP contribution in [0.4, 0.5) is 0 Å². The van der Waals surface area contributed by atoms with E-state index in [9.17, 15) is 18.0 Å². The van der Waals surface area contributed by atoms with Gasteiger partial charge in [-0.2, -0.15) is 0 Å². The van der Waals surface area contributed by atoms with Crippen LogP contribution in [-0.4, -0.2) is 52.3 Å². The van der Waals surface area contributed by atoms with E-state index in [-0.39, 0.29) is 22.6 Å². The van der Waals surface area contributed by atoms with Gasteiger partial charge in [0.25, 0.3) is 0 Å². The number of likely N-dealkylation sites (tertiary alicyclic amines) is 1. The van der Waals surface area contributed by atoms with E-state index in [0.717, 1.165) is 5.56 Å². The molecule has 0 bridgehead atoms. The number of carbonyl (C=O) groups is 2. The summed E-state index contributed by atoms with van der Waals surface area (Å²) < 4.78 is 25.6. The van der Waals surface area contributed by atoms with Gasteiger partial charge in [0.15, 0.2) is 0 Å². The zero-order valence-electron chi connectivity index (χ0n) is 14.6. The Morgan fingerprint density at radius 2 is 1.72 bits per heavy atom. The van der Waals surface area contributed by atoms with Gasteiger partial charge in [-0.05, 0) is 44.0 Å².